The Labute approximate surface area is 154 Å². The number of halogens is 2. The minimum absolute atomic E-state index is 0. The first-order chi connectivity index (χ1) is 11.5. The predicted molar refractivity (Wildman–Crippen MR) is 96.0 cm³/mol. The summed E-state index contributed by atoms with van der Waals surface area (Å²) in [7, 11) is 0. The van der Waals surface area contributed by atoms with E-state index in [1.54, 1.807) is 24.0 Å². The number of hydrogen-bond donors (Lipinski definition) is 1. The van der Waals surface area contributed by atoms with E-state index in [0.29, 0.717) is 35.0 Å². The number of nitrogens with zero attached hydrogens (tertiary/aromatic N) is 2. The van der Waals surface area contributed by atoms with Gasteiger partial charge in [0, 0.05) is 25.7 Å². The Bertz CT molecular complexity index is 799. The fourth-order valence-electron chi connectivity index (χ4n) is 2.86. The van der Waals surface area contributed by atoms with Gasteiger partial charge in [-0.15, -0.1) is 23.7 Å². The van der Waals surface area contributed by atoms with Crippen molar-refractivity contribution in [3.05, 3.63) is 61.6 Å². The van der Waals surface area contributed by atoms with Crippen LogP contribution in [0.3, 0.4) is 0 Å². The summed E-state index contributed by atoms with van der Waals surface area (Å²) < 4.78 is 13.5. The molecule has 2 aromatic rings. The zero-order chi connectivity index (χ0) is 17.3. The average Bonchev–Trinajstić information content (AvgIpc) is 2.96. The van der Waals surface area contributed by atoms with E-state index in [9.17, 15) is 19.3 Å². The third kappa shape index (κ3) is 3.97. The quantitative estimate of drug-likeness (QED) is 0.649. The monoisotopic (exact) mass is 385 g/mol. The molecule has 1 amide bonds. The molecule has 2 heterocycles. The number of nitrogens with one attached hydrogen (secondary N) is 1. The van der Waals surface area contributed by atoms with Crippen molar-refractivity contribution in [3.8, 4) is 0 Å². The summed E-state index contributed by atoms with van der Waals surface area (Å²) in [6.45, 7) is 3.23. The van der Waals surface area contributed by atoms with Crippen LogP contribution in [0.2, 0.25) is 0 Å². The van der Waals surface area contributed by atoms with E-state index in [1.807, 2.05) is 0 Å². The largest absolute Gasteiger partial charge is 0.328 e. The van der Waals surface area contributed by atoms with E-state index in [2.05, 4.69) is 5.32 Å². The molecule has 1 unspecified atom stereocenters. The molecule has 1 N–H and O–H groups in total. The van der Waals surface area contributed by atoms with Crippen molar-refractivity contribution >= 4 is 35.3 Å². The number of carbonyl (C=O) groups excluding carboxylic acids is 1. The van der Waals surface area contributed by atoms with Gasteiger partial charge in [0.2, 0.25) is 0 Å². The van der Waals surface area contributed by atoms with Gasteiger partial charge in [-0.25, -0.2) is 4.39 Å². The molecule has 134 valence electrons. The summed E-state index contributed by atoms with van der Waals surface area (Å²) >= 11 is 1.12. The number of rotatable bonds is 3. The summed E-state index contributed by atoms with van der Waals surface area (Å²) in [5.41, 5.74) is 0.666. The lowest BCUT2D eigenvalue weighted by Crippen LogP contribution is -2.48. The second-order valence-electron chi connectivity index (χ2n) is 5.58. The van der Waals surface area contributed by atoms with E-state index in [4.69, 9.17) is 0 Å². The van der Waals surface area contributed by atoms with Gasteiger partial charge in [0.25, 0.3) is 11.6 Å². The van der Waals surface area contributed by atoms with E-state index in [-0.39, 0.29) is 35.9 Å². The zero-order valence-corrected chi connectivity index (χ0v) is 15.0. The Balaban J connectivity index is 0.00000225. The molecule has 25 heavy (non-hydrogen) atoms. The molecule has 1 aliphatic rings. The van der Waals surface area contributed by atoms with Crippen LogP contribution in [0, 0.1) is 22.9 Å². The van der Waals surface area contributed by atoms with Gasteiger partial charge >= 0.3 is 0 Å². The standard InChI is InChI=1S/C16H16FN3O3S.ClH/c1-10-13(20(22)23)8-15(24-10)16(21)19-6-5-18-9-14(19)11-3-2-4-12(17)7-11;/h2-4,7-8,14,18H,5-6,9H2,1H3;1H. The van der Waals surface area contributed by atoms with Crippen LogP contribution < -0.4 is 5.32 Å². The minimum atomic E-state index is -0.482. The van der Waals surface area contributed by atoms with Crippen molar-refractivity contribution in [1.29, 1.82) is 0 Å². The lowest BCUT2D eigenvalue weighted by atomic mass is 10.0. The van der Waals surface area contributed by atoms with Crippen molar-refractivity contribution < 1.29 is 14.1 Å². The molecule has 1 aliphatic heterocycles. The molecule has 9 heteroatoms. The van der Waals surface area contributed by atoms with E-state index < -0.39 is 4.92 Å². The van der Waals surface area contributed by atoms with Crippen molar-refractivity contribution in [2.24, 2.45) is 0 Å². The van der Waals surface area contributed by atoms with E-state index in [1.165, 1.54) is 18.2 Å². The lowest BCUT2D eigenvalue weighted by molar-refractivity contribution is -0.385. The molecule has 0 aliphatic carbocycles. The van der Waals surface area contributed by atoms with Crippen molar-refractivity contribution in [2.45, 2.75) is 13.0 Å². The van der Waals surface area contributed by atoms with Gasteiger partial charge in [-0.3, -0.25) is 14.9 Å². The highest BCUT2D eigenvalue weighted by Gasteiger charge is 2.31. The van der Waals surface area contributed by atoms with Crippen LogP contribution in [-0.4, -0.2) is 35.4 Å². The predicted octanol–water partition coefficient (Wildman–Crippen LogP) is 3.31. The molecule has 0 bridgehead atoms. The summed E-state index contributed by atoms with van der Waals surface area (Å²) in [4.78, 5) is 25.8. The first kappa shape index (κ1) is 19.3. The molecule has 0 spiro atoms. The van der Waals surface area contributed by atoms with E-state index in [0.717, 1.165) is 11.3 Å². The maximum atomic E-state index is 13.5. The molecule has 1 saturated heterocycles. The summed E-state index contributed by atoms with van der Waals surface area (Å²) in [5.74, 6) is -0.611. The molecular weight excluding hydrogens is 369 g/mol. The number of carbonyl (C=O) groups is 1. The number of piperazine rings is 1. The van der Waals surface area contributed by atoms with Crippen LogP contribution >= 0.6 is 23.7 Å². The van der Waals surface area contributed by atoms with Gasteiger partial charge in [-0.1, -0.05) is 12.1 Å². The Hall–Kier alpha value is -2.03. The van der Waals surface area contributed by atoms with Crippen molar-refractivity contribution in [3.63, 3.8) is 0 Å². The van der Waals surface area contributed by atoms with Gasteiger partial charge < -0.3 is 10.2 Å². The second kappa shape index (κ2) is 7.90. The molecule has 1 aromatic heterocycles. The molecule has 1 aromatic carbocycles. The smallest absolute Gasteiger partial charge is 0.283 e. The molecular formula is C16H17ClFN3O3S. The average molecular weight is 386 g/mol. The van der Waals surface area contributed by atoms with E-state index >= 15 is 0 Å². The molecule has 3 rings (SSSR count). The highest BCUT2D eigenvalue weighted by Crippen LogP contribution is 2.31. The molecule has 1 atom stereocenters. The van der Waals surface area contributed by atoms with Crippen LogP contribution in [0.15, 0.2) is 30.3 Å². The zero-order valence-electron chi connectivity index (χ0n) is 13.4. The van der Waals surface area contributed by atoms with Gasteiger partial charge in [-0.05, 0) is 24.6 Å². The number of thiophene rings is 1. The van der Waals surface area contributed by atoms with Gasteiger partial charge in [-0.2, -0.15) is 0 Å². The highest BCUT2D eigenvalue weighted by atomic mass is 35.5. The third-order valence-electron chi connectivity index (χ3n) is 4.04. The number of nitro groups is 1. The maximum absolute atomic E-state index is 13.5. The van der Waals surface area contributed by atoms with Crippen LogP contribution in [0.5, 0.6) is 0 Å². The number of hydrogen-bond acceptors (Lipinski definition) is 5. The van der Waals surface area contributed by atoms with Crippen molar-refractivity contribution in [1.82, 2.24) is 10.2 Å². The molecule has 0 saturated carbocycles. The normalized spacial score (nSPS) is 17.0. The van der Waals surface area contributed by atoms with Crippen LogP contribution in [-0.2, 0) is 0 Å². The Morgan fingerprint density at radius 2 is 2.20 bits per heavy atom. The summed E-state index contributed by atoms with van der Waals surface area (Å²) in [6.07, 6.45) is 0. The van der Waals surface area contributed by atoms with Crippen molar-refractivity contribution in [2.75, 3.05) is 19.6 Å². The lowest BCUT2D eigenvalue weighted by Gasteiger charge is -2.36. The first-order valence-electron chi connectivity index (χ1n) is 7.49. The number of aryl methyl sites for hydroxylation is 1. The van der Waals surface area contributed by atoms with Gasteiger partial charge in [0.15, 0.2) is 0 Å². The topological polar surface area (TPSA) is 75.5 Å². The van der Waals surface area contributed by atoms with Crippen LogP contribution in [0.1, 0.15) is 26.2 Å². The molecule has 6 nitrogen and oxygen atoms in total. The summed E-state index contributed by atoms with van der Waals surface area (Å²) in [6, 6.07) is 7.19. The Morgan fingerprint density at radius 1 is 1.44 bits per heavy atom. The number of amides is 1. The van der Waals surface area contributed by atoms with Gasteiger partial charge in [0.05, 0.1) is 20.7 Å². The molecule has 1 fully saturated rings. The molecule has 0 radical (unpaired) electrons. The Morgan fingerprint density at radius 3 is 2.84 bits per heavy atom. The SMILES string of the molecule is Cc1sc(C(=O)N2CCNCC2c2cccc(F)c2)cc1[N+](=O)[O-].Cl. The fourth-order valence-corrected chi connectivity index (χ4v) is 3.80. The van der Waals surface area contributed by atoms with Gasteiger partial charge in [0.1, 0.15) is 5.82 Å². The first-order valence-corrected chi connectivity index (χ1v) is 8.31. The van der Waals surface area contributed by atoms with Crippen LogP contribution in [0.4, 0.5) is 10.1 Å². The minimum Gasteiger partial charge on any atom is -0.328 e. The second-order valence-corrected chi connectivity index (χ2v) is 6.84. The maximum Gasteiger partial charge on any atom is 0.283 e. The Kier molecular flexibility index (Phi) is 6.10. The highest BCUT2D eigenvalue weighted by molar-refractivity contribution is 7.14. The van der Waals surface area contributed by atoms with Crippen LogP contribution in [0.25, 0.3) is 0 Å². The number of benzene rings is 1. The third-order valence-corrected chi connectivity index (χ3v) is 5.06. The summed E-state index contributed by atoms with van der Waals surface area (Å²) in [5, 5.41) is 14.2. The fraction of sp³-hybridized carbons (Fsp3) is 0.312.